The Morgan fingerprint density at radius 2 is 1.71 bits per heavy atom. The molecule has 0 saturated heterocycles. The molecule has 24 heavy (non-hydrogen) atoms. The molecule has 0 rings (SSSR count). The lowest BCUT2D eigenvalue weighted by Gasteiger charge is -2.22. The largest absolute Gasteiger partial charge is 0.532 e. The van der Waals surface area contributed by atoms with Crippen molar-refractivity contribution in [1.82, 2.24) is 16.3 Å². The van der Waals surface area contributed by atoms with E-state index >= 15 is 0 Å². The summed E-state index contributed by atoms with van der Waals surface area (Å²) in [5.74, 6) is -1.26. The SMILES string of the molecule is CC(C)(C)OC(=O)NC(CCNNOC(=O)OC(Cl)(Cl)Cl)C(=O)O. The second-order valence-electron chi connectivity index (χ2n) is 5.25. The monoisotopic (exact) mass is 409 g/mol. The van der Waals surface area contributed by atoms with E-state index in [1.165, 1.54) is 0 Å². The van der Waals surface area contributed by atoms with Crippen LogP contribution in [0.1, 0.15) is 27.2 Å². The minimum Gasteiger partial charge on any atom is -0.480 e. The highest BCUT2D eigenvalue weighted by Crippen LogP contribution is 2.27. The zero-order valence-corrected chi connectivity index (χ0v) is 15.3. The zero-order chi connectivity index (χ0) is 19.0. The van der Waals surface area contributed by atoms with Gasteiger partial charge < -0.3 is 24.7 Å². The van der Waals surface area contributed by atoms with Crippen LogP contribution >= 0.6 is 34.8 Å². The Morgan fingerprint density at radius 1 is 1.12 bits per heavy atom. The molecule has 10 nitrogen and oxygen atoms in total. The number of carbonyl (C=O) groups is 3. The topological polar surface area (TPSA) is 135 Å². The quantitative estimate of drug-likeness (QED) is 0.214. The standard InChI is InChI=1S/C11H18Cl3N3O7/c1-10(2,3)22-8(20)16-6(7(18)19)4-5-15-17-24-9(21)23-11(12,13)14/h6,15,17H,4-5H2,1-3H3,(H,16,20)(H,18,19). The van der Waals surface area contributed by atoms with Crippen LogP contribution in [-0.2, 0) is 19.1 Å². The van der Waals surface area contributed by atoms with Crippen LogP contribution in [0.2, 0.25) is 0 Å². The van der Waals surface area contributed by atoms with Crippen molar-refractivity contribution in [3.63, 3.8) is 0 Å². The number of hydrogen-bond acceptors (Lipinski definition) is 8. The van der Waals surface area contributed by atoms with Gasteiger partial charge >= 0.3 is 22.2 Å². The molecule has 0 radical (unpaired) electrons. The van der Waals surface area contributed by atoms with Crippen molar-refractivity contribution in [2.75, 3.05) is 6.54 Å². The number of aliphatic carboxylic acids is 1. The Bertz CT molecular complexity index is 451. The third kappa shape index (κ3) is 13.3. The average molecular weight is 411 g/mol. The van der Waals surface area contributed by atoms with E-state index in [0.717, 1.165) is 0 Å². The fourth-order valence-corrected chi connectivity index (χ4v) is 1.36. The molecule has 0 aromatic rings. The van der Waals surface area contributed by atoms with Crippen LogP contribution in [-0.4, -0.2) is 45.5 Å². The maximum absolute atomic E-state index is 11.5. The molecule has 1 amide bonds. The summed E-state index contributed by atoms with van der Waals surface area (Å²) in [6.45, 7) is 4.91. The smallest absolute Gasteiger partial charge is 0.480 e. The fraction of sp³-hybridized carbons (Fsp3) is 0.727. The van der Waals surface area contributed by atoms with E-state index < -0.39 is 33.8 Å². The summed E-state index contributed by atoms with van der Waals surface area (Å²) in [5.41, 5.74) is 3.55. The van der Waals surface area contributed by atoms with Crippen molar-refractivity contribution in [2.45, 2.75) is 42.8 Å². The third-order valence-corrected chi connectivity index (χ3v) is 2.18. The molecule has 0 aliphatic rings. The molecule has 0 aliphatic carbocycles. The minimum atomic E-state index is -2.27. The molecule has 0 heterocycles. The first kappa shape index (κ1) is 22.8. The van der Waals surface area contributed by atoms with E-state index in [9.17, 15) is 14.4 Å². The van der Waals surface area contributed by atoms with Gasteiger partial charge in [0.2, 0.25) is 0 Å². The van der Waals surface area contributed by atoms with Gasteiger partial charge in [-0.25, -0.2) is 19.8 Å². The van der Waals surface area contributed by atoms with Crippen LogP contribution in [0.4, 0.5) is 9.59 Å². The summed E-state index contributed by atoms with van der Waals surface area (Å²) < 4.78 is 6.85. The van der Waals surface area contributed by atoms with E-state index in [4.69, 9.17) is 44.6 Å². The molecule has 13 heteroatoms. The van der Waals surface area contributed by atoms with Crippen LogP contribution in [0.15, 0.2) is 0 Å². The van der Waals surface area contributed by atoms with Crippen molar-refractivity contribution < 1.29 is 33.8 Å². The molecule has 0 aliphatic heterocycles. The minimum absolute atomic E-state index is 0.00614. The van der Waals surface area contributed by atoms with Crippen molar-refractivity contribution in [2.24, 2.45) is 0 Å². The molecule has 1 atom stereocenters. The van der Waals surface area contributed by atoms with E-state index in [0.29, 0.717) is 0 Å². The molecule has 0 bridgehead atoms. The summed E-state index contributed by atoms with van der Waals surface area (Å²) in [7, 11) is 0. The van der Waals surface area contributed by atoms with Gasteiger partial charge in [0.25, 0.3) is 0 Å². The lowest BCUT2D eigenvalue weighted by atomic mass is 10.2. The molecule has 0 saturated carbocycles. The van der Waals surface area contributed by atoms with Crippen molar-refractivity contribution >= 4 is 53.0 Å². The summed E-state index contributed by atoms with van der Waals surface area (Å²) in [6.07, 6.45) is -2.25. The number of rotatable bonds is 7. The number of hydrogen-bond donors (Lipinski definition) is 4. The molecule has 0 aromatic heterocycles. The summed E-state index contributed by atoms with van der Waals surface area (Å²) >= 11 is 15.5. The normalized spacial score (nSPS) is 12.9. The highest BCUT2D eigenvalue weighted by molar-refractivity contribution is 6.66. The van der Waals surface area contributed by atoms with E-state index in [1.807, 2.05) is 5.59 Å². The molecule has 140 valence electrons. The number of ether oxygens (including phenoxy) is 2. The first-order valence-corrected chi connectivity index (χ1v) is 7.60. The maximum atomic E-state index is 11.5. The second-order valence-corrected chi connectivity index (χ2v) is 7.43. The molecule has 4 N–H and O–H groups in total. The lowest BCUT2D eigenvalue weighted by molar-refractivity contribution is -0.139. The fourth-order valence-electron chi connectivity index (χ4n) is 1.17. The first-order chi connectivity index (χ1) is 10.8. The van der Waals surface area contributed by atoms with Gasteiger partial charge in [-0.15, -0.1) is 0 Å². The van der Waals surface area contributed by atoms with Crippen LogP contribution < -0.4 is 16.3 Å². The van der Waals surface area contributed by atoms with E-state index in [2.05, 4.69) is 20.3 Å². The highest BCUT2D eigenvalue weighted by Gasteiger charge is 2.27. The summed E-state index contributed by atoms with van der Waals surface area (Å²) in [6, 6.07) is -1.22. The molecular weight excluding hydrogens is 392 g/mol. The second kappa shape index (κ2) is 9.94. The number of halogens is 3. The molecule has 0 spiro atoms. The molecule has 0 aromatic carbocycles. The van der Waals surface area contributed by atoms with Crippen LogP contribution in [0.5, 0.6) is 0 Å². The third-order valence-electron chi connectivity index (χ3n) is 1.95. The van der Waals surface area contributed by atoms with E-state index in [-0.39, 0.29) is 13.0 Å². The maximum Gasteiger partial charge on any atom is 0.532 e. The Kier molecular flexibility index (Phi) is 9.45. The number of hydrazine groups is 1. The van der Waals surface area contributed by atoms with Crippen LogP contribution in [0.3, 0.4) is 0 Å². The Hall–Kier alpha value is -1.20. The molecule has 0 fully saturated rings. The number of amides is 1. The lowest BCUT2D eigenvalue weighted by Crippen LogP contribution is -2.46. The van der Waals surface area contributed by atoms with Gasteiger partial charge in [-0.3, -0.25) is 0 Å². The predicted molar refractivity (Wildman–Crippen MR) is 84.4 cm³/mol. The zero-order valence-electron chi connectivity index (χ0n) is 13.0. The number of carboxylic acids is 1. The van der Waals surface area contributed by atoms with Gasteiger partial charge in [0.1, 0.15) is 11.6 Å². The van der Waals surface area contributed by atoms with Crippen molar-refractivity contribution in [3.8, 4) is 0 Å². The summed E-state index contributed by atoms with van der Waals surface area (Å²) in [4.78, 5) is 37.8. The number of carboxylic acid groups (broad SMARTS) is 1. The number of alkyl carbamates (subject to hydrolysis) is 1. The van der Waals surface area contributed by atoms with Crippen LogP contribution in [0, 0.1) is 0 Å². The van der Waals surface area contributed by atoms with E-state index in [1.54, 1.807) is 20.8 Å². The van der Waals surface area contributed by atoms with Gasteiger partial charge in [-0.1, -0.05) is 5.59 Å². The predicted octanol–water partition coefficient (Wildman–Crippen LogP) is 1.84. The Morgan fingerprint density at radius 3 is 2.17 bits per heavy atom. The van der Waals surface area contributed by atoms with Gasteiger partial charge in [-0.05, 0) is 62.0 Å². The number of alkyl halides is 3. The number of carbonyl (C=O) groups excluding carboxylic acids is 2. The number of nitrogens with one attached hydrogen (secondary N) is 3. The average Bonchev–Trinajstić information content (AvgIpc) is 2.32. The van der Waals surface area contributed by atoms with Gasteiger partial charge in [0.05, 0.1) is 0 Å². The van der Waals surface area contributed by atoms with Gasteiger partial charge in [0.15, 0.2) is 0 Å². The Balaban J connectivity index is 4.09. The van der Waals surface area contributed by atoms with Gasteiger partial charge in [-0.2, -0.15) is 0 Å². The van der Waals surface area contributed by atoms with Gasteiger partial charge in [0, 0.05) is 6.54 Å². The Labute approximate surface area is 152 Å². The molecule has 1 unspecified atom stereocenters. The van der Waals surface area contributed by atoms with Crippen molar-refractivity contribution in [3.05, 3.63) is 0 Å². The van der Waals surface area contributed by atoms with Crippen molar-refractivity contribution in [1.29, 1.82) is 0 Å². The van der Waals surface area contributed by atoms with Crippen LogP contribution in [0.25, 0.3) is 0 Å². The summed E-state index contributed by atoms with van der Waals surface area (Å²) in [5, 5.41) is 11.2. The molecular formula is C11H18Cl3N3O7. The highest BCUT2D eigenvalue weighted by atomic mass is 35.6. The first-order valence-electron chi connectivity index (χ1n) is 6.47.